The van der Waals surface area contributed by atoms with E-state index in [1.807, 2.05) is 25.1 Å². The molecular formula is C12H15BrO2. The van der Waals surface area contributed by atoms with Crippen LogP contribution < -0.4 is 4.74 Å². The number of aryl methyl sites for hydroxylation is 1. The molecule has 82 valence electrons. The summed E-state index contributed by atoms with van der Waals surface area (Å²) in [7, 11) is 0. The third kappa shape index (κ3) is 3.68. The molecule has 2 nitrogen and oxygen atoms in total. The first-order chi connectivity index (χ1) is 7.00. The minimum Gasteiger partial charge on any atom is -0.488 e. The lowest BCUT2D eigenvalue weighted by atomic mass is 10.1. The predicted octanol–water partition coefficient (Wildman–Crippen LogP) is 3.34. The molecule has 1 N–H and O–H groups in total. The van der Waals surface area contributed by atoms with Crippen molar-refractivity contribution in [2.24, 2.45) is 0 Å². The van der Waals surface area contributed by atoms with Crippen molar-refractivity contribution in [3.8, 4) is 5.75 Å². The van der Waals surface area contributed by atoms with Gasteiger partial charge in [0.25, 0.3) is 0 Å². The zero-order chi connectivity index (χ0) is 11.4. The minimum absolute atomic E-state index is 0.406. The minimum atomic E-state index is -0.524. The maximum Gasteiger partial charge on any atom is 0.125 e. The fraction of sp³-hybridized carbons (Fsp3) is 0.333. The average molecular weight is 271 g/mol. The van der Waals surface area contributed by atoms with Gasteiger partial charge in [0, 0.05) is 10.0 Å². The van der Waals surface area contributed by atoms with Crippen molar-refractivity contribution < 1.29 is 9.84 Å². The highest BCUT2D eigenvalue weighted by molar-refractivity contribution is 9.11. The number of hydrogen-bond acceptors (Lipinski definition) is 2. The molecular weight excluding hydrogens is 256 g/mol. The van der Waals surface area contributed by atoms with Gasteiger partial charge in [-0.25, -0.2) is 0 Å². The Morgan fingerprint density at radius 3 is 2.80 bits per heavy atom. The highest BCUT2D eigenvalue weighted by Gasteiger charge is 2.09. The van der Waals surface area contributed by atoms with E-state index in [2.05, 4.69) is 22.5 Å². The molecule has 0 unspecified atom stereocenters. The Balaban J connectivity index is 2.91. The summed E-state index contributed by atoms with van der Waals surface area (Å²) in [6.45, 7) is 7.81. The molecule has 0 aromatic heterocycles. The van der Waals surface area contributed by atoms with Crippen LogP contribution in [0.1, 0.15) is 24.2 Å². The Hall–Kier alpha value is -0.800. The molecule has 0 radical (unpaired) electrons. The molecule has 0 saturated heterocycles. The van der Waals surface area contributed by atoms with Crippen molar-refractivity contribution in [2.75, 3.05) is 6.61 Å². The van der Waals surface area contributed by atoms with Crippen LogP contribution in [-0.2, 0) is 0 Å². The summed E-state index contributed by atoms with van der Waals surface area (Å²) in [5, 5.41) is 9.55. The van der Waals surface area contributed by atoms with Crippen molar-refractivity contribution >= 4 is 15.9 Å². The molecule has 0 fully saturated rings. The normalized spacial score (nSPS) is 12.3. The number of hydrogen-bond donors (Lipinski definition) is 1. The van der Waals surface area contributed by atoms with Gasteiger partial charge in [-0.1, -0.05) is 34.6 Å². The Kier molecular flexibility index (Phi) is 4.36. The summed E-state index contributed by atoms with van der Waals surface area (Å²) in [5.74, 6) is 0.714. The Morgan fingerprint density at radius 2 is 2.27 bits per heavy atom. The largest absolute Gasteiger partial charge is 0.488 e. The van der Waals surface area contributed by atoms with E-state index in [1.54, 1.807) is 6.92 Å². The third-order valence-corrected chi connectivity index (χ3v) is 2.23. The van der Waals surface area contributed by atoms with Gasteiger partial charge in [0.05, 0.1) is 6.10 Å². The Labute approximate surface area is 98.7 Å². The zero-order valence-electron chi connectivity index (χ0n) is 8.96. The van der Waals surface area contributed by atoms with E-state index < -0.39 is 6.10 Å². The molecule has 0 spiro atoms. The molecule has 3 heteroatoms. The van der Waals surface area contributed by atoms with Gasteiger partial charge in [-0.2, -0.15) is 0 Å². The summed E-state index contributed by atoms with van der Waals surface area (Å²) in [6, 6.07) is 5.75. The predicted molar refractivity (Wildman–Crippen MR) is 65.4 cm³/mol. The van der Waals surface area contributed by atoms with Gasteiger partial charge < -0.3 is 9.84 Å². The van der Waals surface area contributed by atoms with E-state index in [9.17, 15) is 5.11 Å². The highest BCUT2D eigenvalue weighted by atomic mass is 79.9. The quantitative estimate of drug-likeness (QED) is 0.910. The molecule has 0 saturated carbocycles. The molecule has 0 aliphatic rings. The van der Waals surface area contributed by atoms with Crippen molar-refractivity contribution in [1.82, 2.24) is 0 Å². The van der Waals surface area contributed by atoms with Crippen LogP contribution in [0.2, 0.25) is 0 Å². The van der Waals surface area contributed by atoms with E-state index in [4.69, 9.17) is 4.74 Å². The van der Waals surface area contributed by atoms with Gasteiger partial charge in [0.15, 0.2) is 0 Å². The first-order valence-corrected chi connectivity index (χ1v) is 5.54. The van der Waals surface area contributed by atoms with Gasteiger partial charge in [-0.3, -0.25) is 0 Å². The fourth-order valence-electron chi connectivity index (χ4n) is 1.27. The molecule has 1 rings (SSSR count). The fourth-order valence-corrected chi connectivity index (χ4v) is 1.38. The van der Waals surface area contributed by atoms with Crippen molar-refractivity contribution in [2.45, 2.75) is 20.0 Å². The second-order valence-corrected chi connectivity index (χ2v) is 4.64. The molecule has 1 aromatic rings. The first-order valence-electron chi connectivity index (χ1n) is 4.75. The number of aliphatic hydroxyl groups is 1. The van der Waals surface area contributed by atoms with E-state index >= 15 is 0 Å². The van der Waals surface area contributed by atoms with Crippen molar-refractivity contribution in [3.63, 3.8) is 0 Å². The maximum atomic E-state index is 9.55. The number of benzene rings is 1. The Morgan fingerprint density at radius 1 is 1.60 bits per heavy atom. The molecule has 0 aliphatic heterocycles. The van der Waals surface area contributed by atoms with Crippen LogP contribution in [0.4, 0.5) is 0 Å². The Bertz CT molecular complexity index is 359. The van der Waals surface area contributed by atoms with Gasteiger partial charge in [0.2, 0.25) is 0 Å². The standard InChI is InChI=1S/C12H15BrO2/c1-8-4-5-11(10(3)14)12(6-8)15-7-9(2)13/h4-6,10,14H,2,7H2,1,3H3/t10-/m1/s1. The van der Waals surface area contributed by atoms with Gasteiger partial charge in [-0.15, -0.1) is 0 Å². The number of halogens is 1. The maximum absolute atomic E-state index is 9.55. The number of ether oxygens (including phenoxy) is 1. The van der Waals surface area contributed by atoms with Gasteiger partial charge >= 0.3 is 0 Å². The lowest BCUT2D eigenvalue weighted by Crippen LogP contribution is -2.02. The van der Waals surface area contributed by atoms with Crippen molar-refractivity contribution in [3.05, 3.63) is 40.4 Å². The molecule has 0 heterocycles. The van der Waals surface area contributed by atoms with E-state index in [0.717, 1.165) is 15.6 Å². The number of aliphatic hydroxyl groups excluding tert-OH is 1. The average Bonchev–Trinajstić information content (AvgIpc) is 2.14. The smallest absolute Gasteiger partial charge is 0.125 e. The van der Waals surface area contributed by atoms with Crippen LogP contribution in [0.5, 0.6) is 5.75 Å². The molecule has 15 heavy (non-hydrogen) atoms. The van der Waals surface area contributed by atoms with Crippen LogP contribution in [0.25, 0.3) is 0 Å². The summed E-state index contributed by atoms with van der Waals surface area (Å²) >= 11 is 3.23. The lowest BCUT2D eigenvalue weighted by Gasteiger charge is -2.13. The molecule has 0 amide bonds. The second kappa shape index (κ2) is 5.33. The number of rotatable bonds is 4. The van der Waals surface area contributed by atoms with Gasteiger partial charge in [-0.05, 0) is 25.5 Å². The topological polar surface area (TPSA) is 29.5 Å². The van der Waals surface area contributed by atoms with Crippen LogP contribution in [0.15, 0.2) is 29.3 Å². The molecule has 1 aromatic carbocycles. The first kappa shape index (κ1) is 12.3. The lowest BCUT2D eigenvalue weighted by molar-refractivity contribution is 0.193. The molecule has 0 bridgehead atoms. The SMILES string of the molecule is C=C(Br)COc1cc(C)ccc1[C@@H](C)O. The summed E-state index contributed by atoms with van der Waals surface area (Å²) < 4.78 is 6.31. The van der Waals surface area contributed by atoms with Crippen LogP contribution in [-0.4, -0.2) is 11.7 Å². The highest BCUT2D eigenvalue weighted by Crippen LogP contribution is 2.26. The van der Waals surface area contributed by atoms with E-state index in [0.29, 0.717) is 12.4 Å². The monoisotopic (exact) mass is 270 g/mol. The van der Waals surface area contributed by atoms with E-state index in [1.165, 1.54) is 0 Å². The summed E-state index contributed by atoms with van der Waals surface area (Å²) in [6.07, 6.45) is -0.524. The van der Waals surface area contributed by atoms with Crippen LogP contribution in [0.3, 0.4) is 0 Å². The van der Waals surface area contributed by atoms with E-state index in [-0.39, 0.29) is 0 Å². The zero-order valence-corrected chi connectivity index (χ0v) is 10.5. The van der Waals surface area contributed by atoms with Gasteiger partial charge in [0.1, 0.15) is 12.4 Å². The summed E-state index contributed by atoms with van der Waals surface area (Å²) in [5.41, 5.74) is 1.91. The molecule has 1 atom stereocenters. The third-order valence-electron chi connectivity index (χ3n) is 2.00. The van der Waals surface area contributed by atoms with Crippen LogP contribution >= 0.6 is 15.9 Å². The van der Waals surface area contributed by atoms with Crippen LogP contribution in [0, 0.1) is 6.92 Å². The second-order valence-electron chi connectivity index (χ2n) is 3.52. The summed E-state index contributed by atoms with van der Waals surface area (Å²) in [4.78, 5) is 0. The van der Waals surface area contributed by atoms with Crippen molar-refractivity contribution in [1.29, 1.82) is 0 Å². The molecule has 0 aliphatic carbocycles.